The topological polar surface area (TPSA) is 41.1 Å². The van der Waals surface area contributed by atoms with Crippen molar-refractivity contribution in [3.63, 3.8) is 0 Å². The Morgan fingerprint density at radius 1 is 1.50 bits per heavy atom. The van der Waals surface area contributed by atoms with Gasteiger partial charge in [0.15, 0.2) is 0 Å². The molecule has 1 fully saturated rings. The van der Waals surface area contributed by atoms with Crippen molar-refractivity contribution in [3.8, 4) is 17.0 Å². The Morgan fingerprint density at radius 2 is 2.35 bits per heavy atom. The Bertz CT molecular complexity index is 616. The molecular formula is C14H15BrClN3O. The molecule has 0 amide bonds. The summed E-state index contributed by atoms with van der Waals surface area (Å²) in [6.07, 6.45) is 3.98. The molecular weight excluding hydrogens is 342 g/mol. The van der Waals surface area contributed by atoms with E-state index in [1.165, 1.54) is 0 Å². The number of halogens is 2. The first-order valence-electron chi connectivity index (χ1n) is 6.50. The molecule has 6 heteroatoms. The number of aromatic nitrogens is 2. The van der Waals surface area contributed by atoms with E-state index in [0.717, 1.165) is 46.7 Å². The number of ether oxygens (including phenoxy) is 1. The number of benzene rings is 1. The van der Waals surface area contributed by atoms with E-state index in [9.17, 15) is 0 Å². The van der Waals surface area contributed by atoms with E-state index in [1.54, 1.807) is 7.11 Å². The largest absolute Gasteiger partial charge is 0.496 e. The number of nitrogens with zero attached hydrogens (tertiary/aromatic N) is 2. The Kier molecular flexibility index (Phi) is 4.01. The van der Waals surface area contributed by atoms with Crippen LogP contribution >= 0.6 is 27.7 Å². The summed E-state index contributed by atoms with van der Waals surface area (Å²) in [4.78, 5) is 7.84. The zero-order valence-corrected chi connectivity index (χ0v) is 13.4. The highest BCUT2D eigenvalue weighted by Crippen LogP contribution is 2.35. The van der Waals surface area contributed by atoms with Gasteiger partial charge in [-0.25, -0.2) is 9.40 Å². The van der Waals surface area contributed by atoms with E-state index < -0.39 is 0 Å². The summed E-state index contributed by atoms with van der Waals surface area (Å²) in [5.74, 6) is 1.72. The van der Waals surface area contributed by atoms with Crippen LogP contribution in [0, 0.1) is 0 Å². The van der Waals surface area contributed by atoms with Gasteiger partial charge in [-0.3, -0.25) is 0 Å². The first-order chi connectivity index (χ1) is 9.69. The molecule has 0 unspecified atom stereocenters. The quantitative estimate of drug-likeness (QED) is 0.840. The summed E-state index contributed by atoms with van der Waals surface area (Å²) in [5, 5.41) is 0. The van der Waals surface area contributed by atoms with Crippen LogP contribution in [-0.4, -0.2) is 28.0 Å². The fraction of sp³-hybridized carbons (Fsp3) is 0.357. The lowest BCUT2D eigenvalue weighted by Crippen LogP contribution is -2.12. The van der Waals surface area contributed by atoms with Gasteiger partial charge in [0.25, 0.3) is 0 Å². The molecule has 1 aliphatic heterocycles. The Balaban J connectivity index is 1.94. The SMILES string of the molecule is COc1cc(Br)ccc1-c1cnc([C@@H]2CCCN2Cl)[nH]1. The predicted molar refractivity (Wildman–Crippen MR) is 82.8 cm³/mol. The number of nitrogens with one attached hydrogen (secondary N) is 1. The number of hydrogen-bond acceptors (Lipinski definition) is 3. The van der Waals surface area contributed by atoms with Crippen molar-refractivity contribution in [1.29, 1.82) is 0 Å². The second-order valence-electron chi connectivity index (χ2n) is 4.81. The van der Waals surface area contributed by atoms with Crippen LogP contribution in [0.2, 0.25) is 0 Å². The molecule has 0 spiro atoms. The number of imidazole rings is 1. The Hall–Kier alpha value is -1.04. The van der Waals surface area contributed by atoms with E-state index in [2.05, 4.69) is 25.9 Å². The molecule has 3 rings (SSSR count). The number of hydrogen-bond donors (Lipinski definition) is 1. The van der Waals surface area contributed by atoms with E-state index in [0.29, 0.717) is 0 Å². The van der Waals surface area contributed by atoms with Gasteiger partial charge in [-0.1, -0.05) is 15.9 Å². The third kappa shape index (κ3) is 2.57. The molecule has 0 bridgehead atoms. The molecule has 1 saturated heterocycles. The van der Waals surface area contributed by atoms with Crippen LogP contribution in [0.15, 0.2) is 28.9 Å². The van der Waals surface area contributed by atoms with Gasteiger partial charge in [0.2, 0.25) is 0 Å². The van der Waals surface area contributed by atoms with Crippen molar-refractivity contribution in [2.24, 2.45) is 0 Å². The minimum Gasteiger partial charge on any atom is -0.496 e. The molecule has 4 nitrogen and oxygen atoms in total. The van der Waals surface area contributed by atoms with Gasteiger partial charge in [-0.15, -0.1) is 0 Å². The zero-order valence-electron chi connectivity index (χ0n) is 11.1. The average molecular weight is 357 g/mol. The van der Waals surface area contributed by atoms with E-state index in [4.69, 9.17) is 16.5 Å². The van der Waals surface area contributed by atoms with Gasteiger partial charge in [0.05, 0.1) is 25.0 Å². The maximum Gasteiger partial charge on any atom is 0.129 e. The maximum absolute atomic E-state index is 6.19. The van der Waals surface area contributed by atoms with Crippen molar-refractivity contribution in [2.45, 2.75) is 18.9 Å². The molecule has 0 radical (unpaired) electrons. The van der Waals surface area contributed by atoms with Crippen LogP contribution < -0.4 is 4.74 Å². The van der Waals surface area contributed by atoms with Gasteiger partial charge >= 0.3 is 0 Å². The smallest absolute Gasteiger partial charge is 0.129 e. The molecule has 106 valence electrons. The maximum atomic E-state index is 6.19. The molecule has 0 saturated carbocycles. The third-order valence-electron chi connectivity index (χ3n) is 3.55. The number of rotatable bonds is 3. The average Bonchev–Trinajstić information content (AvgIpc) is 3.07. The first-order valence-corrected chi connectivity index (χ1v) is 7.63. The minimum absolute atomic E-state index is 0.173. The van der Waals surface area contributed by atoms with Crippen molar-refractivity contribution in [1.82, 2.24) is 14.4 Å². The first kappa shape index (κ1) is 13.9. The highest BCUT2D eigenvalue weighted by Gasteiger charge is 2.27. The molecule has 2 heterocycles. The lowest BCUT2D eigenvalue weighted by molar-refractivity contribution is 0.415. The van der Waals surface area contributed by atoms with E-state index in [1.807, 2.05) is 28.8 Å². The lowest BCUT2D eigenvalue weighted by Gasteiger charge is -2.13. The van der Waals surface area contributed by atoms with Crippen LogP contribution in [0.3, 0.4) is 0 Å². The third-order valence-corrected chi connectivity index (χ3v) is 4.45. The van der Waals surface area contributed by atoms with Gasteiger partial charge in [0, 0.05) is 16.6 Å². The highest BCUT2D eigenvalue weighted by atomic mass is 79.9. The molecule has 1 aromatic heterocycles. The fourth-order valence-corrected chi connectivity index (χ4v) is 3.18. The Labute approximate surface area is 131 Å². The van der Waals surface area contributed by atoms with Gasteiger partial charge in [0.1, 0.15) is 11.6 Å². The summed E-state index contributed by atoms with van der Waals surface area (Å²) >= 11 is 9.64. The van der Waals surface area contributed by atoms with Crippen LogP contribution in [0.5, 0.6) is 5.75 Å². The highest BCUT2D eigenvalue weighted by molar-refractivity contribution is 9.10. The van der Waals surface area contributed by atoms with E-state index >= 15 is 0 Å². The summed E-state index contributed by atoms with van der Waals surface area (Å²) < 4.78 is 8.23. The van der Waals surface area contributed by atoms with Crippen molar-refractivity contribution >= 4 is 27.7 Å². The van der Waals surface area contributed by atoms with Gasteiger partial charge < -0.3 is 9.72 Å². The van der Waals surface area contributed by atoms with Crippen molar-refractivity contribution < 1.29 is 4.74 Å². The number of H-pyrrole nitrogens is 1. The lowest BCUT2D eigenvalue weighted by atomic mass is 10.1. The van der Waals surface area contributed by atoms with Crippen molar-refractivity contribution in [3.05, 3.63) is 34.7 Å². The van der Waals surface area contributed by atoms with Crippen molar-refractivity contribution in [2.75, 3.05) is 13.7 Å². The van der Waals surface area contributed by atoms with Gasteiger partial charge in [-0.2, -0.15) is 0 Å². The van der Waals surface area contributed by atoms with Gasteiger partial charge in [-0.05, 0) is 42.8 Å². The van der Waals surface area contributed by atoms with Crippen LogP contribution in [0.25, 0.3) is 11.3 Å². The second-order valence-corrected chi connectivity index (χ2v) is 6.16. The zero-order chi connectivity index (χ0) is 14.1. The van der Waals surface area contributed by atoms with Crippen LogP contribution in [-0.2, 0) is 0 Å². The molecule has 20 heavy (non-hydrogen) atoms. The summed E-state index contributed by atoms with van der Waals surface area (Å²) in [6.45, 7) is 0.907. The fourth-order valence-electron chi connectivity index (χ4n) is 2.53. The molecule has 1 atom stereocenters. The number of methoxy groups -OCH3 is 1. The minimum atomic E-state index is 0.173. The molecule has 1 N–H and O–H groups in total. The molecule has 1 aromatic carbocycles. The normalized spacial score (nSPS) is 19.4. The number of aromatic amines is 1. The molecule has 0 aliphatic carbocycles. The Morgan fingerprint density at radius 3 is 3.05 bits per heavy atom. The van der Waals surface area contributed by atoms with Crippen LogP contribution in [0.4, 0.5) is 0 Å². The van der Waals surface area contributed by atoms with Crippen LogP contribution in [0.1, 0.15) is 24.7 Å². The standard InChI is InChI=1S/C14H15BrClN3O/c1-20-13-7-9(15)4-5-10(13)11-8-17-14(18-11)12-3-2-6-19(12)16/h4-5,7-8,12H,2-3,6H2,1H3,(H,17,18)/t12-/m0/s1. The molecule has 2 aromatic rings. The monoisotopic (exact) mass is 355 g/mol. The second kappa shape index (κ2) is 5.76. The van der Waals surface area contributed by atoms with E-state index in [-0.39, 0.29) is 6.04 Å². The predicted octanol–water partition coefficient (Wildman–Crippen LogP) is 4.14. The summed E-state index contributed by atoms with van der Waals surface area (Å²) in [6, 6.07) is 6.11. The molecule has 1 aliphatic rings. The summed E-state index contributed by atoms with van der Waals surface area (Å²) in [7, 11) is 1.67. The summed E-state index contributed by atoms with van der Waals surface area (Å²) in [5.41, 5.74) is 1.94.